The van der Waals surface area contributed by atoms with Crippen LogP contribution < -0.4 is 0 Å². The summed E-state index contributed by atoms with van der Waals surface area (Å²) in [5.41, 5.74) is 4.35. The van der Waals surface area contributed by atoms with Crippen LogP contribution in [0.3, 0.4) is 0 Å². The molecule has 32 heavy (non-hydrogen) atoms. The van der Waals surface area contributed by atoms with Crippen molar-refractivity contribution in [1.29, 1.82) is 0 Å². The molecule has 1 aliphatic rings. The molecule has 0 N–H and O–H groups in total. The van der Waals surface area contributed by atoms with Crippen LogP contribution in [-0.4, -0.2) is 29.0 Å². The van der Waals surface area contributed by atoms with Crippen LogP contribution in [0.4, 0.5) is 4.39 Å². The van der Waals surface area contributed by atoms with E-state index < -0.39 is 15.8 Å². The topological polar surface area (TPSA) is 64.4 Å². The van der Waals surface area contributed by atoms with Gasteiger partial charge in [-0.2, -0.15) is 9.40 Å². The summed E-state index contributed by atoms with van der Waals surface area (Å²) in [5, 5.41) is 4.85. The molecule has 2 heterocycles. The first-order chi connectivity index (χ1) is 15.3. The van der Waals surface area contributed by atoms with Crippen molar-refractivity contribution in [2.45, 2.75) is 44.4 Å². The summed E-state index contributed by atoms with van der Waals surface area (Å²) in [6.45, 7) is 3.09. The van der Waals surface area contributed by atoms with Gasteiger partial charge in [0.05, 0.1) is 23.8 Å². The maximum atomic E-state index is 13.2. The number of rotatable bonds is 7. The summed E-state index contributed by atoms with van der Waals surface area (Å²) in [6, 6.07) is 11.2. The normalized spacial score (nSPS) is 14.5. The second kappa shape index (κ2) is 9.31. The standard InChI is InChI=1S/C23H25ClFN3O3S/c1-3-16-4-8-19(9-5-16)32(29,30)28-11-10-23-20(13-28)22(26-27(23)2)15-31-14-17-6-7-18(25)12-21(17)24/h4-9,12H,3,10-11,13-15H2,1-2H3. The molecule has 0 bridgehead atoms. The predicted molar refractivity (Wildman–Crippen MR) is 120 cm³/mol. The molecule has 0 spiro atoms. The van der Waals surface area contributed by atoms with E-state index in [0.717, 1.165) is 23.2 Å². The molecule has 0 fully saturated rings. The molecule has 0 unspecified atom stereocenters. The summed E-state index contributed by atoms with van der Waals surface area (Å²) >= 11 is 6.06. The van der Waals surface area contributed by atoms with Crippen molar-refractivity contribution in [2.24, 2.45) is 7.05 Å². The van der Waals surface area contributed by atoms with E-state index in [1.807, 2.05) is 26.1 Å². The Hall–Kier alpha value is -2.26. The van der Waals surface area contributed by atoms with Crippen molar-refractivity contribution in [3.05, 3.63) is 81.4 Å². The minimum atomic E-state index is -3.61. The summed E-state index contributed by atoms with van der Waals surface area (Å²) in [7, 11) is -1.75. The van der Waals surface area contributed by atoms with Crippen molar-refractivity contribution < 1.29 is 17.5 Å². The summed E-state index contributed by atoms with van der Waals surface area (Å²) < 4.78 is 48.7. The molecular weight excluding hydrogens is 453 g/mol. The number of hydrogen-bond donors (Lipinski definition) is 0. The van der Waals surface area contributed by atoms with Gasteiger partial charge in [-0.3, -0.25) is 4.68 Å². The average molecular weight is 478 g/mol. The second-order valence-electron chi connectivity index (χ2n) is 7.81. The van der Waals surface area contributed by atoms with Gasteiger partial charge < -0.3 is 4.74 Å². The molecule has 3 aromatic rings. The van der Waals surface area contributed by atoms with E-state index in [4.69, 9.17) is 16.3 Å². The Bertz CT molecular complexity index is 1230. The van der Waals surface area contributed by atoms with Crippen molar-refractivity contribution in [2.75, 3.05) is 6.54 Å². The Kier molecular flexibility index (Phi) is 6.67. The third-order valence-electron chi connectivity index (χ3n) is 5.77. The summed E-state index contributed by atoms with van der Waals surface area (Å²) in [6.07, 6.45) is 1.43. The monoisotopic (exact) mass is 477 g/mol. The Balaban J connectivity index is 1.50. The molecule has 1 aliphatic heterocycles. The number of fused-ring (bicyclic) bond motifs is 1. The van der Waals surface area contributed by atoms with E-state index >= 15 is 0 Å². The maximum absolute atomic E-state index is 13.2. The van der Waals surface area contributed by atoms with Crippen LogP contribution in [0.15, 0.2) is 47.4 Å². The van der Waals surface area contributed by atoms with Gasteiger partial charge in [-0.1, -0.05) is 36.7 Å². The molecule has 2 aromatic carbocycles. The lowest BCUT2D eigenvalue weighted by Gasteiger charge is -2.27. The van der Waals surface area contributed by atoms with Gasteiger partial charge in [0.1, 0.15) is 5.82 Å². The van der Waals surface area contributed by atoms with Crippen molar-refractivity contribution >= 4 is 21.6 Å². The number of nitrogens with zero attached hydrogens (tertiary/aromatic N) is 3. The first-order valence-corrected chi connectivity index (χ1v) is 12.3. The number of halogens is 2. The van der Waals surface area contributed by atoms with Crippen LogP contribution in [0.1, 0.15) is 35.0 Å². The highest BCUT2D eigenvalue weighted by molar-refractivity contribution is 7.89. The van der Waals surface area contributed by atoms with E-state index in [2.05, 4.69) is 5.10 Å². The van der Waals surface area contributed by atoms with E-state index in [-0.39, 0.29) is 19.8 Å². The number of sulfonamides is 1. The van der Waals surface area contributed by atoms with Crippen LogP contribution in [0, 0.1) is 5.82 Å². The predicted octanol–water partition coefficient (Wildman–Crippen LogP) is 4.24. The fourth-order valence-corrected chi connectivity index (χ4v) is 5.54. The molecule has 0 aliphatic carbocycles. The van der Waals surface area contributed by atoms with Gasteiger partial charge in [0, 0.05) is 42.8 Å². The Morgan fingerprint density at radius 3 is 2.59 bits per heavy atom. The lowest BCUT2D eigenvalue weighted by Crippen LogP contribution is -2.36. The Morgan fingerprint density at radius 2 is 1.91 bits per heavy atom. The molecule has 0 radical (unpaired) electrons. The van der Waals surface area contributed by atoms with Crippen LogP contribution in [0.2, 0.25) is 5.02 Å². The summed E-state index contributed by atoms with van der Waals surface area (Å²) in [4.78, 5) is 0.297. The van der Waals surface area contributed by atoms with E-state index in [0.29, 0.717) is 34.1 Å². The highest BCUT2D eigenvalue weighted by atomic mass is 35.5. The molecule has 0 amide bonds. The van der Waals surface area contributed by atoms with Gasteiger partial charge in [-0.25, -0.2) is 12.8 Å². The number of benzene rings is 2. The smallest absolute Gasteiger partial charge is 0.243 e. The van der Waals surface area contributed by atoms with Crippen LogP contribution in [0.5, 0.6) is 0 Å². The third kappa shape index (κ3) is 4.59. The fraction of sp³-hybridized carbons (Fsp3) is 0.348. The van der Waals surface area contributed by atoms with Gasteiger partial charge >= 0.3 is 0 Å². The molecule has 4 rings (SSSR count). The molecule has 170 valence electrons. The first kappa shape index (κ1) is 22.9. The molecule has 9 heteroatoms. The Labute approximate surface area is 192 Å². The zero-order valence-electron chi connectivity index (χ0n) is 18.0. The van der Waals surface area contributed by atoms with E-state index in [1.54, 1.807) is 22.9 Å². The van der Waals surface area contributed by atoms with Gasteiger partial charge in [-0.05, 0) is 41.8 Å². The largest absolute Gasteiger partial charge is 0.370 e. The second-order valence-corrected chi connectivity index (χ2v) is 10.2. The fourth-order valence-electron chi connectivity index (χ4n) is 3.91. The minimum Gasteiger partial charge on any atom is -0.370 e. The van der Waals surface area contributed by atoms with Crippen LogP contribution in [-0.2, 0) is 54.4 Å². The van der Waals surface area contributed by atoms with Gasteiger partial charge in [0.2, 0.25) is 10.0 Å². The van der Waals surface area contributed by atoms with Crippen molar-refractivity contribution in [3.8, 4) is 0 Å². The van der Waals surface area contributed by atoms with E-state index in [1.165, 1.54) is 16.4 Å². The molecule has 0 atom stereocenters. The van der Waals surface area contributed by atoms with Crippen molar-refractivity contribution in [1.82, 2.24) is 14.1 Å². The van der Waals surface area contributed by atoms with Gasteiger partial charge in [0.25, 0.3) is 0 Å². The lowest BCUT2D eigenvalue weighted by molar-refractivity contribution is 0.103. The molecular formula is C23H25ClFN3O3S. The minimum absolute atomic E-state index is 0.204. The molecule has 6 nitrogen and oxygen atoms in total. The summed E-state index contributed by atoms with van der Waals surface area (Å²) in [5.74, 6) is -0.400. The number of aryl methyl sites for hydroxylation is 2. The van der Waals surface area contributed by atoms with Crippen LogP contribution >= 0.6 is 11.6 Å². The molecule has 0 saturated heterocycles. The highest BCUT2D eigenvalue weighted by Gasteiger charge is 2.32. The number of ether oxygens (including phenoxy) is 1. The molecule has 1 aromatic heterocycles. The zero-order chi connectivity index (χ0) is 22.9. The van der Waals surface area contributed by atoms with E-state index in [9.17, 15) is 12.8 Å². The number of aromatic nitrogens is 2. The van der Waals surface area contributed by atoms with Crippen LogP contribution in [0.25, 0.3) is 0 Å². The third-order valence-corrected chi connectivity index (χ3v) is 7.98. The van der Waals surface area contributed by atoms with Gasteiger partial charge in [0.15, 0.2) is 0 Å². The van der Waals surface area contributed by atoms with Crippen molar-refractivity contribution in [3.63, 3.8) is 0 Å². The molecule has 0 saturated carbocycles. The quantitative estimate of drug-likeness (QED) is 0.510. The maximum Gasteiger partial charge on any atom is 0.243 e. The average Bonchev–Trinajstić information content (AvgIpc) is 3.10. The number of hydrogen-bond acceptors (Lipinski definition) is 4. The highest BCUT2D eigenvalue weighted by Crippen LogP contribution is 2.28. The first-order valence-electron chi connectivity index (χ1n) is 10.4. The SMILES string of the molecule is CCc1ccc(S(=O)(=O)N2CCc3c(c(COCc4ccc(F)cc4Cl)nn3C)C2)cc1. The van der Waals surface area contributed by atoms with Gasteiger partial charge in [-0.15, -0.1) is 0 Å². The Morgan fingerprint density at radius 1 is 1.16 bits per heavy atom. The zero-order valence-corrected chi connectivity index (χ0v) is 19.6. The lowest BCUT2D eigenvalue weighted by atomic mass is 10.1.